The molecular weight excluding hydrogens is 540 g/mol. The third-order valence-electron chi connectivity index (χ3n) is 4.22. The molecule has 1 aliphatic heterocycles. The monoisotopic (exact) mass is 563 g/mol. The molecule has 0 fully saturated rings. The topological polar surface area (TPSA) is 110 Å². The van der Waals surface area contributed by atoms with Gasteiger partial charge < -0.3 is 10.5 Å². The van der Waals surface area contributed by atoms with Gasteiger partial charge in [0.25, 0.3) is 0 Å². The standard InChI is InChI=1S/C18H24N6.3ClH.2Ni.H2O/c1-13-17(14(2)20-12-8-4-3-7-11-19-13)23-24-18-21-15-9-5-6-10-16(15)22-18;;;;;;/h5-6,9-10,17H,3-4,7-8,11-12H2,1-2H3,(H,21,22);3*1H;;;1H2/q;;;;+1;+2;/p-3. The quantitative estimate of drug-likeness (QED) is 0.363. The summed E-state index contributed by atoms with van der Waals surface area (Å²) in [5.74, 6) is 0.520. The van der Waals surface area contributed by atoms with Gasteiger partial charge in [-0.2, -0.15) is 5.11 Å². The summed E-state index contributed by atoms with van der Waals surface area (Å²) in [5, 5.41) is 8.80. The minimum absolute atomic E-state index is 0. The number of para-hydroxylation sites is 2. The zero-order chi connectivity index (χ0) is 21.5. The van der Waals surface area contributed by atoms with E-state index in [1.807, 2.05) is 38.1 Å². The van der Waals surface area contributed by atoms with E-state index in [1.165, 1.54) is 12.8 Å². The van der Waals surface area contributed by atoms with Crippen LogP contribution in [0.5, 0.6) is 0 Å². The number of halogens is 3. The Hall–Kier alpha value is -0.553. The normalized spacial score (nSPS) is 17.5. The van der Waals surface area contributed by atoms with Gasteiger partial charge in [-0.3, -0.25) is 9.98 Å². The molecule has 0 amide bonds. The number of nitrogens with one attached hydrogen (secondary N) is 1. The van der Waals surface area contributed by atoms with Gasteiger partial charge in [-0.25, -0.2) is 4.98 Å². The van der Waals surface area contributed by atoms with Gasteiger partial charge in [-0.1, -0.05) is 25.0 Å². The molecule has 1 aliphatic rings. The number of azo groups is 1. The number of benzene rings is 1. The van der Waals surface area contributed by atoms with Crippen molar-refractivity contribution >= 4 is 59.0 Å². The van der Waals surface area contributed by atoms with Crippen molar-refractivity contribution in [1.29, 1.82) is 0 Å². The number of aromatic nitrogens is 2. The van der Waals surface area contributed by atoms with Crippen molar-refractivity contribution in [3.63, 3.8) is 0 Å². The van der Waals surface area contributed by atoms with E-state index in [-0.39, 0.29) is 11.5 Å². The van der Waals surface area contributed by atoms with E-state index < -0.39 is 0 Å². The molecule has 0 aliphatic carbocycles. The van der Waals surface area contributed by atoms with Crippen LogP contribution in [0.3, 0.4) is 0 Å². The summed E-state index contributed by atoms with van der Waals surface area (Å²) < 4.78 is 0. The van der Waals surface area contributed by atoms with Gasteiger partial charge in [0.1, 0.15) is 6.04 Å². The number of hydrogen-bond acceptors (Lipinski definition) is 5. The molecule has 2 aromatic rings. The molecule has 3 N–H and O–H groups in total. The molecular formula is C18H26Cl3N6Ni2O. The number of nitrogens with zero attached hydrogens (tertiary/aromatic N) is 5. The fourth-order valence-corrected chi connectivity index (χ4v) is 2.83. The van der Waals surface area contributed by atoms with Crippen molar-refractivity contribution in [3.05, 3.63) is 24.3 Å². The summed E-state index contributed by atoms with van der Waals surface area (Å²) in [4.78, 5) is 16.9. The molecule has 0 saturated heterocycles. The zero-order valence-corrected chi connectivity index (χ0v) is 20.9. The van der Waals surface area contributed by atoms with Crippen molar-refractivity contribution < 1.29 is 32.7 Å². The number of imidazole rings is 1. The van der Waals surface area contributed by atoms with E-state index in [4.69, 9.17) is 20.4 Å². The third-order valence-corrected chi connectivity index (χ3v) is 4.22. The summed E-state index contributed by atoms with van der Waals surface area (Å²) in [6.07, 6.45) is 4.70. The molecule has 2 heterocycles. The van der Waals surface area contributed by atoms with Gasteiger partial charge in [-0.05, 0) is 38.8 Å². The van der Waals surface area contributed by atoms with Crippen LogP contribution >= 0.6 is 30.6 Å². The maximum absolute atomic E-state index is 4.70. The zero-order valence-electron chi connectivity index (χ0n) is 16.6. The van der Waals surface area contributed by atoms with E-state index in [0.29, 0.717) is 18.6 Å². The van der Waals surface area contributed by atoms with Gasteiger partial charge in [-0.15, -0.1) is 5.11 Å². The number of aliphatic imine (C=N–C) groups is 2. The first-order chi connectivity index (χ1) is 14.2. The Morgan fingerprint density at radius 2 is 1.53 bits per heavy atom. The summed E-state index contributed by atoms with van der Waals surface area (Å²) in [5.41, 5.74) is 3.80. The predicted molar refractivity (Wildman–Crippen MR) is 120 cm³/mol. The van der Waals surface area contributed by atoms with Crippen molar-refractivity contribution in [2.75, 3.05) is 13.1 Å². The number of aromatic amines is 1. The Morgan fingerprint density at radius 3 is 2.07 bits per heavy atom. The SMILES string of the molecule is CC1=NCCCCCCN=C(C)C1N=Nc1nc2ccccc2[nH]1.O.[Cl][Ni].[Cl][Ni][Cl]. The second kappa shape index (κ2) is 18.1. The summed E-state index contributed by atoms with van der Waals surface area (Å²) in [7, 11) is 13.7. The molecule has 175 valence electrons. The Kier molecular flexibility index (Phi) is 17.7. The van der Waals surface area contributed by atoms with Crippen LogP contribution in [0.1, 0.15) is 39.5 Å². The molecule has 30 heavy (non-hydrogen) atoms. The van der Waals surface area contributed by atoms with Crippen LogP contribution in [0.2, 0.25) is 0 Å². The molecule has 3 rings (SSSR count). The summed E-state index contributed by atoms with van der Waals surface area (Å²) in [6.45, 7) is 5.74. The molecule has 7 nitrogen and oxygen atoms in total. The van der Waals surface area contributed by atoms with Gasteiger partial charge >= 0.3 is 57.8 Å². The number of H-pyrrole nitrogens is 1. The molecule has 1 aromatic heterocycles. The number of fused-ring (bicyclic) bond motifs is 1. The van der Waals surface area contributed by atoms with Crippen molar-refractivity contribution in [1.82, 2.24) is 9.97 Å². The van der Waals surface area contributed by atoms with E-state index >= 15 is 0 Å². The van der Waals surface area contributed by atoms with Gasteiger partial charge in [0, 0.05) is 24.5 Å². The Labute approximate surface area is 203 Å². The van der Waals surface area contributed by atoms with E-state index in [9.17, 15) is 0 Å². The van der Waals surface area contributed by atoms with Crippen LogP contribution in [0.25, 0.3) is 11.0 Å². The van der Waals surface area contributed by atoms with Crippen LogP contribution in [-0.4, -0.2) is 46.0 Å². The number of rotatable bonds is 2. The van der Waals surface area contributed by atoms with E-state index in [2.05, 4.69) is 54.9 Å². The summed E-state index contributed by atoms with van der Waals surface area (Å²) >= 11 is 3.92. The minimum atomic E-state index is -0.198. The first kappa shape index (κ1) is 29.4. The van der Waals surface area contributed by atoms with Crippen LogP contribution in [0, 0.1) is 0 Å². The molecule has 0 spiro atoms. The molecule has 0 radical (unpaired) electrons. The van der Waals surface area contributed by atoms with Gasteiger partial charge in [0.05, 0.1) is 11.0 Å². The summed E-state index contributed by atoms with van der Waals surface area (Å²) in [6, 6.07) is 7.67. The fraction of sp³-hybridized carbons (Fsp3) is 0.500. The van der Waals surface area contributed by atoms with Gasteiger partial charge in [0.15, 0.2) is 0 Å². The molecule has 0 saturated carbocycles. The van der Waals surface area contributed by atoms with Crippen molar-refractivity contribution in [2.24, 2.45) is 20.2 Å². The number of hydrogen-bond donors (Lipinski definition) is 1. The van der Waals surface area contributed by atoms with E-state index in [0.717, 1.165) is 48.4 Å². The van der Waals surface area contributed by atoms with Crippen molar-refractivity contribution in [2.45, 2.75) is 45.6 Å². The van der Waals surface area contributed by atoms with Crippen LogP contribution < -0.4 is 0 Å². The molecule has 12 heteroatoms. The first-order valence-corrected chi connectivity index (χ1v) is 13.0. The third kappa shape index (κ3) is 10.7. The van der Waals surface area contributed by atoms with Crippen molar-refractivity contribution in [3.8, 4) is 0 Å². The Bertz CT molecular complexity index is 759. The molecule has 0 bridgehead atoms. The average Bonchev–Trinajstić information content (AvgIpc) is 3.13. The van der Waals surface area contributed by atoms with E-state index in [1.54, 1.807) is 0 Å². The Morgan fingerprint density at radius 1 is 1.00 bits per heavy atom. The molecule has 0 unspecified atom stereocenters. The fourth-order valence-electron chi connectivity index (χ4n) is 2.83. The van der Waals surface area contributed by atoms with Crippen LogP contribution in [0.15, 0.2) is 44.5 Å². The van der Waals surface area contributed by atoms with Crippen LogP contribution in [0.4, 0.5) is 5.95 Å². The second-order valence-electron chi connectivity index (χ2n) is 6.20. The maximum atomic E-state index is 4.70. The first-order valence-electron chi connectivity index (χ1n) is 8.97. The molecule has 1 aromatic carbocycles. The van der Waals surface area contributed by atoms with Gasteiger partial charge in [0.2, 0.25) is 5.95 Å². The second-order valence-corrected chi connectivity index (χ2v) is 7.83. The van der Waals surface area contributed by atoms with Crippen LogP contribution in [-0.2, 0) is 27.2 Å². The molecule has 0 atom stereocenters. The predicted octanol–water partition coefficient (Wildman–Crippen LogP) is 5.75. The average molecular weight is 566 g/mol. The Balaban J connectivity index is 0.00000129.